The molecule has 1 aliphatic carbocycles. The summed E-state index contributed by atoms with van der Waals surface area (Å²) >= 11 is 0. The van der Waals surface area contributed by atoms with Gasteiger partial charge in [-0.25, -0.2) is 15.0 Å². The van der Waals surface area contributed by atoms with E-state index < -0.39 is 5.41 Å². The Bertz CT molecular complexity index is 3280. The summed E-state index contributed by atoms with van der Waals surface area (Å²) in [5, 5.41) is 9.76. The predicted octanol–water partition coefficient (Wildman–Crippen LogP) is 14.1. The van der Waals surface area contributed by atoms with E-state index in [-0.39, 0.29) is 0 Å². The number of nitriles is 1. The molecule has 0 saturated carbocycles. The van der Waals surface area contributed by atoms with Crippen molar-refractivity contribution in [3.8, 4) is 84.7 Å². The average Bonchev–Trinajstić information content (AvgIpc) is 3.67. The van der Waals surface area contributed by atoms with Gasteiger partial charge < -0.3 is 0 Å². The number of fused-ring (bicyclic) bond motifs is 3. The molecule has 0 aliphatic heterocycles. The van der Waals surface area contributed by atoms with Crippen molar-refractivity contribution in [2.45, 2.75) is 5.41 Å². The maximum atomic E-state index is 9.76. The molecule has 1 heterocycles. The third-order valence-corrected chi connectivity index (χ3v) is 12.2. The highest BCUT2D eigenvalue weighted by atomic mass is 15.0. The molecular weight excluding hydrogens is 765 g/mol. The molecule has 0 saturated heterocycles. The Balaban J connectivity index is 1.14. The molecule has 0 fully saturated rings. The predicted molar refractivity (Wildman–Crippen MR) is 254 cm³/mol. The van der Waals surface area contributed by atoms with Crippen LogP contribution in [0.4, 0.5) is 0 Å². The van der Waals surface area contributed by atoms with Crippen LogP contribution in [0.2, 0.25) is 0 Å². The molecule has 0 unspecified atom stereocenters. The Morgan fingerprint density at radius 2 is 0.762 bits per heavy atom. The standard InChI is InChI=1S/C59H38N4/c60-39-40-31-33-42(34-32-40)51-37-53-50-29-13-14-30-54(50)59(48-25-9-3-10-26-48,49-27-11-4-12-28-49)55(53)38-52(51)45-22-16-24-47(36-45)58-62-56(43-19-7-2-8-20-43)61-57(63-58)46-23-15-21-44(35-46)41-17-5-1-6-18-41/h1-38H. The summed E-state index contributed by atoms with van der Waals surface area (Å²) in [6.07, 6.45) is 0. The van der Waals surface area contributed by atoms with Gasteiger partial charge in [-0.2, -0.15) is 5.26 Å². The monoisotopic (exact) mass is 802 g/mol. The summed E-state index contributed by atoms with van der Waals surface area (Å²) in [5.41, 5.74) is 16.4. The minimum atomic E-state index is -0.577. The van der Waals surface area contributed by atoms with Gasteiger partial charge in [0.1, 0.15) is 0 Å². The number of benzene rings is 9. The van der Waals surface area contributed by atoms with Crippen LogP contribution < -0.4 is 0 Å². The molecule has 0 bridgehead atoms. The summed E-state index contributed by atoms with van der Waals surface area (Å²) in [6, 6.07) is 83.0. The van der Waals surface area contributed by atoms with Gasteiger partial charge in [0.25, 0.3) is 0 Å². The third kappa shape index (κ3) is 6.61. The van der Waals surface area contributed by atoms with E-state index in [1.165, 1.54) is 33.4 Å². The first-order valence-electron chi connectivity index (χ1n) is 21.2. The fraction of sp³-hybridized carbons (Fsp3) is 0.0169. The first-order valence-corrected chi connectivity index (χ1v) is 21.2. The zero-order valence-corrected chi connectivity index (χ0v) is 34.2. The van der Waals surface area contributed by atoms with Gasteiger partial charge in [0.2, 0.25) is 0 Å². The zero-order valence-electron chi connectivity index (χ0n) is 34.2. The second-order valence-corrected chi connectivity index (χ2v) is 15.9. The summed E-state index contributed by atoms with van der Waals surface area (Å²) < 4.78 is 0. The number of rotatable bonds is 8. The van der Waals surface area contributed by atoms with Gasteiger partial charge in [-0.15, -0.1) is 0 Å². The second-order valence-electron chi connectivity index (χ2n) is 15.9. The van der Waals surface area contributed by atoms with Gasteiger partial charge in [0.05, 0.1) is 17.0 Å². The van der Waals surface area contributed by atoms with Crippen LogP contribution >= 0.6 is 0 Å². The Morgan fingerprint density at radius 1 is 0.302 bits per heavy atom. The molecule has 9 aromatic carbocycles. The SMILES string of the molecule is N#Cc1ccc(-c2cc3c(cc2-c2cccc(-c4nc(-c5ccccc5)nc(-c5cccc(-c6ccccc6)c5)n4)c2)C(c2ccccc2)(c2ccccc2)c2ccccc2-3)cc1. The maximum absolute atomic E-state index is 9.76. The fourth-order valence-electron chi connectivity index (χ4n) is 9.33. The normalized spacial score (nSPS) is 12.2. The van der Waals surface area contributed by atoms with E-state index in [4.69, 9.17) is 15.0 Å². The number of hydrogen-bond acceptors (Lipinski definition) is 4. The van der Waals surface area contributed by atoms with Gasteiger partial charge >= 0.3 is 0 Å². The Kier molecular flexibility index (Phi) is 9.41. The van der Waals surface area contributed by atoms with Crippen LogP contribution in [0, 0.1) is 11.3 Å². The van der Waals surface area contributed by atoms with E-state index in [1.54, 1.807) is 0 Å². The van der Waals surface area contributed by atoms with Crippen molar-refractivity contribution in [2.75, 3.05) is 0 Å². The molecule has 4 nitrogen and oxygen atoms in total. The van der Waals surface area contributed by atoms with Gasteiger partial charge in [-0.1, -0.05) is 194 Å². The lowest BCUT2D eigenvalue weighted by Crippen LogP contribution is -2.28. The molecule has 10 aromatic rings. The topological polar surface area (TPSA) is 62.5 Å². The minimum absolute atomic E-state index is 0.577. The Labute approximate surface area is 367 Å². The van der Waals surface area contributed by atoms with Crippen molar-refractivity contribution >= 4 is 0 Å². The van der Waals surface area contributed by atoms with E-state index in [0.717, 1.165) is 50.1 Å². The molecule has 0 radical (unpaired) electrons. The molecule has 0 spiro atoms. The van der Waals surface area contributed by atoms with Crippen molar-refractivity contribution in [3.05, 3.63) is 258 Å². The average molecular weight is 803 g/mol. The van der Waals surface area contributed by atoms with Crippen molar-refractivity contribution < 1.29 is 0 Å². The van der Waals surface area contributed by atoms with Crippen LogP contribution in [0.1, 0.15) is 27.8 Å². The molecular formula is C59H38N4. The first-order chi connectivity index (χ1) is 31.2. The Morgan fingerprint density at radius 3 is 1.37 bits per heavy atom. The summed E-state index contributed by atoms with van der Waals surface area (Å²) in [4.78, 5) is 15.4. The fourth-order valence-corrected chi connectivity index (χ4v) is 9.33. The second kappa shape index (κ2) is 15.8. The quantitative estimate of drug-likeness (QED) is 0.153. The lowest BCUT2D eigenvalue weighted by molar-refractivity contribution is 0.769. The highest BCUT2D eigenvalue weighted by Gasteiger charge is 2.46. The van der Waals surface area contributed by atoms with Gasteiger partial charge in [-0.05, 0) is 103 Å². The summed E-state index contributed by atoms with van der Waals surface area (Å²) in [5.74, 6) is 1.79. The number of nitrogens with zero attached hydrogens (tertiary/aromatic N) is 4. The van der Waals surface area contributed by atoms with Crippen molar-refractivity contribution in [3.63, 3.8) is 0 Å². The van der Waals surface area contributed by atoms with Crippen LogP contribution in [-0.2, 0) is 5.41 Å². The molecule has 0 N–H and O–H groups in total. The lowest BCUT2D eigenvalue weighted by atomic mass is 9.67. The highest BCUT2D eigenvalue weighted by molar-refractivity contribution is 5.95. The maximum Gasteiger partial charge on any atom is 0.164 e. The summed E-state index contributed by atoms with van der Waals surface area (Å²) in [6.45, 7) is 0. The third-order valence-electron chi connectivity index (χ3n) is 12.2. The van der Waals surface area contributed by atoms with Gasteiger partial charge in [-0.3, -0.25) is 0 Å². The van der Waals surface area contributed by atoms with Crippen LogP contribution in [0.15, 0.2) is 231 Å². The lowest BCUT2D eigenvalue weighted by Gasteiger charge is -2.34. The zero-order chi connectivity index (χ0) is 42.2. The van der Waals surface area contributed by atoms with Crippen LogP contribution in [-0.4, -0.2) is 15.0 Å². The van der Waals surface area contributed by atoms with E-state index in [9.17, 15) is 5.26 Å². The van der Waals surface area contributed by atoms with Crippen molar-refractivity contribution in [1.82, 2.24) is 15.0 Å². The molecule has 294 valence electrons. The Hall–Kier alpha value is -8.52. The van der Waals surface area contributed by atoms with Crippen LogP contribution in [0.25, 0.3) is 78.7 Å². The summed E-state index contributed by atoms with van der Waals surface area (Å²) in [7, 11) is 0. The smallest absolute Gasteiger partial charge is 0.164 e. The number of aromatic nitrogens is 3. The largest absolute Gasteiger partial charge is 0.208 e. The van der Waals surface area contributed by atoms with Crippen molar-refractivity contribution in [1.29, 1.82) is 5.26 Å². The van der Waals surface area contributed by atoms with Crippen LogP contribution in [0.3, 0.4) is 0 Å². The molecule has 1 aromatic heterocycles. The minimum Gasteiger partial charge on any atom is -0.208 e. The number of hydrogen-bond donors (Lipinski definition) is 0. The molecule has 4 heteroatoms. The van der Waals surface area contributed by atoms with E-state index in [0.29, 0.717) is 23.0 Å². The molecule has 11 rings (SSSR count). The molecule has 0 amide bonds. The van der Waals surface area contributed by atoms with Gasteiger partial charge in [0, 0.05) is 16.7 Å². The van der Waals surface area contributed by atoms with E-state index >= 15 is 0 Å². The molecule has 1 aliphatic rings. The molecule has 63 heavy (non-hydrogen) atoms. The van der Waals surface area contributed by atoms with E-state index in [1.807, 2.05) is 48.5 Å². The van der Waals surface area contributed by atoms with Crippen molar-refractivity contribution in [2.24, 2.45) is 0 Å². The van der Waals surface area contributed by atoms with E-state index in [2.05, 4.69) is 188 Å². The molecule has 0 atom stereocenters. The van der Waals surface area contributed by atoms with Gasteiger partial charge in [0.15, 0.2) is 17.5 Å². The first kappa shape index (κ1) is 37.5. The van der Waals surface area contributed by atoms with Crippen LogP contribution in [0.5, 0.6) is 0 Å². The highest BCUT2D eigenvalue weighted by Crippen LogP contribution is 2.58.